The van der Waals surface area contributed by atoms with Gasteiger partial charge in [0.2, 0.25) is 0 Å². The summed E-state index contributed by atoms with van der Waals surface area (Å²) >= 11 is 0. The molecule has 1 unspecified atom stereocenters. The molecule has 0 radical (unpaired) electrons. The van der Waals surface area contributed by atoms with Gasteiger partial charge in [0.1, 0.15) is 18.1 Å². The van der Waals surface area contributed by atoms with Crippen molar-refractivity contribution in [2.45, 2.75) is 32.5 Å². The Labute approximate surface area is 131 Å². The molecule has 0 spiro atoms. The van der Waals surface area contributed by atoms with Crippen LogP contribution in [0.1, 0.15) is 31.3 Å². The molecule has 0 bridgehead atoms. The molecular formula is C18H24O4. The second kappa shape index (κ2) is 8.13. The smallest absolute Gasteiger partial charge is 0.130 e. The van der Waals surface area contributed by atoms with Gasteiger partial charge in [-0.2, -0.15) is 0 Å². The Bertz CT molecular complexity index is 565. The van der Waals surface area contributed by atoms with Crippen LogP contribution in [-0.2, 0) is 16.1 Å². The summed E-state index contributed by atoms with van der Waals surface area (Å²) in [6.07, 6.45) is 6.00. The number of aliphatic hydroxyl groups excluding tert-OH is 1. The molecule has 4 heteroatoms. The van der Waals surface area contributed by atoms with Crippen molar-refractivity contribution in [3.8, 4) is 0 Å². The number of furan rings is 1. The first-order valence-electron chi connectivity index (χ1n) is 7.49. The number of hydrogen-bond donors (Lipinski definition) is 1. The van der Waals surface area contributed by atoms with Crippen LogP contribution in [0.4, 0.5) is 0 Å². The highest BCUT2D eigenvalue weighted by Gasteiger charge is 2.21. The Morgan fingerprint density at radius 3 is 3.00 bits per heavy atom. The Balaban J connectivity index is 1.89. The second-order valence-electron chi connectivity index (χ2n) is 5.51. The van der Waals surface area contributed by atoms with Crippen LogP contribution in [0.3, 0.4) is 0 Å². The zero-order chi connectivity index (χ0) is 15.9. The molecule has 0 amide bonds. The number of hydrogen-bond acceptors (Lipinski definition) is 4. The molecule has 1 aliphatic rings. The van der Waals surface area contributed by atoms with Gasteiger partial charge in [-0.3, -0.25) is 0 Å². The molecule has 1 aromatic rings. The third kappa shape index (κ3) is 4.44. The molecule has 22 heavy (non-hydrogen) atoms. The zero-order valence-electron chi connectivity index (χ0n) is 13.3. The van der Waals surface area contributed by atoms with Crippen LogP contribution < -0.4 is 0 Å². The fraction of sp³-hybridized carbons (Fsp3) is 0.444. The summed E-state index contributed by atoms with van der Waals surface area (Å²) in [6.45, 7) is 7.24. The topological polar surface area (TPSA) is 51.8 Å². The molecule has 120 valence electrons. The number of allylic oxidation sites excluding steroid dienone is 1. The highest BCUT2D eigenvalue weighted by molar-refractivity contribution is 5.47. The van der Waals surface area contributed by atoms with E-state index in [9.17, 15) is 0 Å². The fourth-order valence-corrected chi connectivity index (χ4v) is 2.57. The molecule has 2 heterocycles. The van der Waals surface area contributed by atoms with Gasteiger partial charge in [-0.15, -0.1) is 0 Å². The maximum absolute atomic E-state index is 9.00. The van der Waals surface area contributed by atoms with Crippen molar-refractivity contribution < 1.29 is 19.0 Å². The maximum atomic E-state index is 9.00. The van der Waals surface area contributed by atoms with Crippen molar-refractivity contribution in [3.05, 3.63) is 53.0 Å². The Kier molecular flexibility index (Phi) is 6.19. The van der Waals surface area contributed by atoms with Crippen LogP contribution in [0.5, 0.6) is 0 Å². The van der Waals surface area contributed by atoms with E-state index in [1.807, 2.05) is 12.1 Å². The zero-order valence-corrected chi connectivity index (χ0v) is 13.3. The van der Waals surface area contributed by atoms with Crippen LogP contribution >= 0.6 is 0 Å². The number of rotatable bonds is 8. The molecular weight excluding hydrogens is 280 g/mol. The fourth-order valence-electron chi connectivity index (χ4n) is 2.57. The van der Waals surface area contributed by atoms with Gasteiger partial charge in [0.05, 0.1) is 19.3 Å². The van der Waals surface area contributed by atoms with Gasteiger partial charge in [0.25, 0.3) is 0 Å². The van der Waals surface area contributed by atoms with E-state index in [0.29, 0.717) is 19.0 Å². The van der Waals surface area contributed by atoms with Gasteiger partial charge >= 0.3 is 0 Å². The van der Waals surface area contributed by atoms with Crippen LogP contribution in [-0.4, -0.2) is 31.5 Å². The molecule has 4 nitrogen and oxygen atoms in total. The summed E-state index contributed by atoms with van der Waals surface area (Å²) in [7, 11) is 1.67. The SMILES string of the molecule is C=C(COC)C1=CCOC1CC/C(C)=C/c1ccc(CO)o1. The highest BCUT2D eigenvalue weighted by atomic mass is 16.5. The van der Waals surface area contributed by atoms with Crippen molar-refractivity contribution in [2.75, 3.05) is 20.3 Å². The third-order valence-electron chi connectivity index (χ3n) is 3.70. The first-order valence-corrected chi connectivity index (χ1v) is 7.49. The van der Waals surface area contributed by atoms with Gasteiger partial charge in [-0.1, -0.05) is 18.2 Å². The monoisotopic (exact) mass is 304 g/mol. The van der Waals surface area contributed by atoms with Crippen molar-refractivity contribution >= 4 is 6.08 Å². The molecule has 0 aliphatic carbocycles. The van der Waals surface area contributed by atoms with Crippen molar-refractivity contribution in [3.63, 3.8) is 0 Å². The third-order valence-corrected chi connectivity index (χ3v) is 3.70. The molecule has 0 saturated carbocycles. The molecule has 1 aliphatic heterocycles. The van der Waals surface area contributed by atoms with Gasteiger partial charge in [-0.25, -0.2) is 0 Å². The quantitative estimate of drug-likeness (QED) is 0.799. The predicted molar refractivity (Wildman–Crippen MR) is 86.4 cm³/mol. The first-order chi connectivity index (χ1) is 10.6. The van der Waals surface area contributed by atoms with Crippen molar-refractivity contribution in [1.82, 2.24) is 0 Å². The lowest BCUT2D eigenvalue weighted by Crippen LogP contribution is -2.13. The minimum atomic E-state index is -0.0709. The van der Waals surface area contributed by atoms with Crippen molar-refractivity contribution in [2.24, 2.45) is 0 Å². The molecule has 1 atom stereocenters. The molecule has 0 aromatic carbocycles. The number of ether oxygens (including phenoxy) is 2. The summed E-state index contributed by atoms with van der Waals surface area (Å²) in [6, 6.07) is 3.65. The van der Waals surface area contributed by atoms with E-state index in [0.717, 1.165) is 29.7 Å². The Morgan fingerprint density at radius 1 is 1.50 bits per heavy atom. The first kappa shape index (κ1) is 16.7. The average molecular weight is 304 g/mol. The van der Waals surface area contributed by atoms with E-state index >= 15 is 0 Å². The molecule has 0 fully saturated rings. The van der Waals surface area contributed by atoms with Crippen LogP contribution in [0.15, 0.2) is 45.9 Å². The summed E-state index contributed by atoms with van der Waals surface area (Å²) in [5, 5.41) is 9.00. The van der Waals surface area contributed by atoms with Gasteiger partial charge in [0.15, 0.2) is 0 Å². The predicted octanol–water partition coefficient (Wildman–Crippen LogP) is 3.48. The number of methoxy groups -OCH3 is 1. The maximum Gasteiger partial charge on any atom is 0.130 e. The van der Waals surface area contributed by atoms with E-state index in [1.165, 1.54) is 5.57 Å². The average Bonchev–Trinajstić information content (AvgIpc) is 3.14. The summed E-state index contributed by atoms with van der Waals surface area (Å²) in [4.78, 5) is 0. The molecule has 2 rings (SSSR count). The van der Waals surface area contributed by atoms with E-state index in [2.05, 4.69) is 19.6 Å². The number of aliphatic hydroxyl groups is 1. The van der Waals surface area contributed by atoms with E-state index < -0.39 is 0 Å². The normalized spacial score (nSPS) is 18.6. The summed E-state index contributed by atoms with van der Waals surface area (Å²) in [5.74, 6) is 1.35. The lowest BCUT2D eigenvalue weighted by atomic mass is 9.98. The van der Waals surface area contributed by atoms with E-state index in [1.54, 1.807) is 13.2 Å². The van der Waals surface area contributed by atoms with E-state index in [-0.39, 0.29) is 12.7 Å². The Morgan fingerprint density at radius 2 is 2.32 bits per heavy atom. The van der Waals surface area contributed by atoms with E-state index in [4.69, 9.17) is 19.0 Å². The van der Waals surface area contributed by atoms with Crippen LogP contribution in [0.25, 0.3) is 6.08 Å². The van der Waals surface area contributed by atoms with Gasteiger partial charge in [0, 0.05) is 7.11 Å². The minimum Gasteiger partial charge on any atom is -0.459 e. The molecule has 1 N–H and O–H groups in total. The highest BCUT2D eigenvalue weighted by Crippen LogP contribution is 2.26. The standard InChI is InChI=1S/C18H24O4/c1-13(10-15-5-6-16(11-19)22-15)4-7-18-17(8-9-21-18)14(2)12-20-3/h5-6,8,10,18-19H,2,4,7,9,11-12H2,1,3H3/b13-10+. The minimum absolute atomic E-state index is 0.0709. The summed E-state index contributed by atoms with van der Waals surface area (Å²) < 4.78 is 16.4. The van der Waals surface area contributed by atoms with Crippen molar-refractivity contribution in [1.29, 1.82) is 0 Å². The lowest BCUT2D eigenvalue weighted by Gasteiger charge is -2.16. The largest absolute Gasteiger partial charge is 0.459 e. The van der Waals surface area contributed by atoms with Gasteiger partial charge < -0.3 is 19.0 Å². The Hall–Kier alpha value is -1.62. The molecule has 0 saturated heterocycles. The van der Waals surface area contributed by atoms with Gasteiger partial charge in [-0.05, 0) is 49.1 Å². The summed E-state index contributed by atoms with van der Waals surface area (Å²) in [5.41, 5.74) is 3.37. The second-order valence-corrected chi connectivity index (χ2v) is 5.51. The molecule has 1 aromatic heterocycles. The van der Waals surface area contributed by atoms with Crippen LogP contribution in [0, 0.1) is 0 Å². The lowest BCUT2D eigenvalue weighted by molar-refractivity contribution is 0.115. The van der Waals surface area contributed by atoms with Crippen LogP contribution in [0.2, 0.25) is 0 Å².